The summed E-state index contributed by atoms with van der Waals surface area (Å²) in [4.78, 5) is 28.7. The molecule has 0 aliphatic carbocycles. The number of carbonyl (C=O) groups excluding carboxylic acids is 2. The van der Waals surface area contributed by atoms with Gasteiger partial charge in [0.05, 0.1) is 10.6 Å². The fourth-order valence-corrected chi connectivity index (χ4v) is 5.89. The normalized spacial score (nSPS) is 12.2. The molecule has 0 radical (unpaired) electrons. The van der Waals surface area contributed by atoms with Crippen molar-refractivity contribution in [2.24, 2.45) is 0 Å². The Morgan fingerprint density at radius 1 is 0.949 bits per heavy atom. The quantitative estimate of drug-likeness (QED) is 0.331. The predicted molar refractivity (Wildman–Crippen MR) is 156 cm³/mol. The number of hydrogen-bond acceptors (Lipinski definition) is 4. The number of rotatable bonds is 11. The first-order valence-corrected chi connectivity index (χ1v) is 14.7. The zero-order valence-electron chi connectivity index (χ0n) is 23.0. The minimum absolute atomic E-state index is 0.0457. The molecule has 1 atom stereocenters. The number of nitrogens with zero attached hydrogens (tertiary/aromatic N) is 2. The van der Waals surface area contributed by atoms with Gasteiger partial charge in [0, 0.05) is 17.6 Å². The van der Waals surface area contributed by atoms with Crippen LogP contribution in [0.2, 0.25) is 5.02 Å². The summed E-state index contributed by atoms with van der Waals surface area (Å²) in [6.07, 6.45) is 0.359. The van der Waals surface area contributed by atoms with Crippen LogP contribution in [0.4, 0.5) is 5.69 Å². The average Bonchev–Trinajstić information content (AvgIpc) is 2.88. The van der Waals surface area contributed by atoms with E-state index in [4.69, 9.17) is 11.6 Å². The molecule has 0 saturated carbocycles. The summed E-state index contributed by atoms with van der Waals surface area (Å²) in [5.74, 6) is -0.789. The summed E-state index contributed by atoms with van der Waals surface area (Å²) < 4.78 is 28.7. The standard InChI is InChI=1S/C30H36ClN3O4S/c1-6-28(30(36)32-21(2)3)33(19-24-12-10-11-22(4)17-24)29(35)20-34(25-16-15-23(5)27(31)18-25)39(37,38)26-13-8-7-9-14-26/h7-18,21,28H,6,19-20H2,1-5H3,(H,32,36)/t28-/m0/s1. The largest absolute Gasteiger partial charge is 0.352 e. The Bertz CT molecular complexity index is 1410. The summed E-state index contributed by atoms with van der Waals surface area (Å²) in [7, 11) is -4.14. The van der Waals surface area contributed by atoms with E-state index in [1.165, 1.54) is 17.0 Å². The summed E-state index contributed by atoms with van der Waals surface area (Å²) in [6, 6.07) is 19.6. The first-order valence-electron chi connectivity index (χ1n) is 12.9. The molecular weight excluding hydrogens is 534 g/mol. The Hall–Kier alpha value is -3.36. The van der Waals surface area contributed by atoms with Crippen LogP contribution in [0.1, 0.15) is 43.9 Å². The van der Waals surface area contributed by atoms with Gasteiger partial charge >= 0.3 is 0 Å². The highest BCUT2D eigenvalue weighted by Gasteiger charge is 2.34. The highest BCUT2D eigenvalue weighted by Crippen LogP contribution is 2.28. The summed E-state index contributed by atoms with van der Waals surface area (Å²) in [6.45, 7) is 8.95. The molecule has 0 aliphatic rings. The van der Waals surface area contributed by atoms with Crippen LogP contribution in [0.5, 0.6) is 0 Å². The molecule has 0 spiro atoms. The lowest BCUT2D eigenvalue weighted by Gasteiger charge is -2.33. The van der Waals surface area contributed by atoms with Crippen LogP contribution in [-0.4, -0.2) is 43.8 Å². The summed E-state index contributed by atoms with van der Waals surface area (Å²) >= 11 is 6.37. The predicted octanol–water partition coefficient (Wildman–Crippen LogP) is 5.48. The third-order valence-corrected chi connectivity index (χ3v) is 8.50. The van der Waals surface area contributed by atoms with Crippen LogP contribution in [0.15, 0.2) is 77.7 Å². The average molecular weight is 570 g/mol. The van der Waals surface area contributed by atoms with Crippen molar-refractivity contribution in [1.29, 1.82) is 0 Å². The molecule has 0 saturated heterocycles. The number of amides is 2. The van der Waals surface area contributed by atoms with Crippen molar-refractivity contribution in [3.05, 3.63) is 94.5 Å². The lowest BCUT2D eigenvalue weighted by molar-refractivity contribution is -0.140. The fraction of sp³-hybridized carbons (Fsp3) is 0.333. The zero-order chi connectivity index (χ0) is 28.7. The molecule has 9 heteroatoms. The lowest BCUT2D eigenvalue weighted by Crippen LogP contribution is -2.53. The molecule has 0 aliphatic heterocycles. The fourth-order valence-electron chi connectivity index (χ4n) is 4.29. The maximum atomic E-state index is 14.0. The van der Waals surface area contributed by atoms with Gasteiger partial charge < -0.3 is 10.2 Å². The van der Waals surface area contributed by atoms with Crippen LogP contribution in [0, 0.1) is 13.8 Å². The van der Waals surface area contributed by atoms with Gasteiger partial charge in [-0.15, -0.1) is 0 Å². The van der Waals surface area contributed by atoms with Crippen molar-refractivity contribution in [3.8, 4) is 0 Å². The molecule has 0 fully saturated rings. The van der Waals surface area contributed by atoms with E-state index in [9.17, 15) is 18.0 Å². The van der Waals surface area contributed by atoms with Gasteiger partial charge in [-0.3, -0.25) is 13.9 Å². The van der Waals surface area contributed by atoms with Gasteiger partial charge in [-0.1, -0.05) is 72.6 Å². The molecule has 2 amide bonds. The van der Waals surface area contributed by atoms with Gasteiger partial charge in [0.25, 0.3) is 10.0 Å². The van der Waals surface area contributed by atoms with E-state index in [0.717, 1.165) is 21.0 Å². The molecule has 3 aromatic carbocycles. The first kappa shape index (κ1) is 30.2. The number of halogens is 1. The Balaban J connectivity index is 2.08. The molecule has 1 N–H and O–H groups in total. The van der Waals surface area contributed by atoms with E-state index in [-0.39, 0.29) is 29.1 Å². The highest BCUT2D eigenvalue weighted by molar-refractivity contribution is 7.92. The van der Waals surface area contributed by atoms with Gasteiger partial charge in [-0.2, -0.15) is 0 Å². The minimum Gasteiger partial charge on any atom is -0.352 e. The van der Waals surface area contributed by atoms with E-state index < -0.39 is 28.5 Å². The van der Waals surface area contributed by atoms with Crippen molar-refractivity contribution in [1.82, 2.24) is 10.2 Å². The molecular formula is C30H36ClN3O4S. The molecule has 0 unspecified atom stereocenters. The van der Waals surface area contributed by atoms with Crippen LogP contribution < -0.4 is 9.62 Å². The minimum atomic E-state index is -4.14. The van der Waals surface area contributed by atoms with Gasteiger partial charge in [0.2, 0.25) is 11.8 Å². The van der Waals surface area contributed by atoms with Crippen LogP contribution in [0.25, 0.3) is 0 Å². The number of anilines is 1. The molecule has 39 heavy (non-hydrogen) atoms. The van der Waals surface area contributed by atoms with Gasteiger partial charge in [-0.05, 0) is 69.5 Å². The number of nitrogens with one attached hydrogen (secondary N) is 1. The number of benzene rings is 3. The molecule has 0 bridgehead atoms. The van der Waals surface area contributed by atoms with Crippen molar-refractivity contribution >= 4 is 39.1 Å². The van der Waals surface area contributed by atoms with Gasteiger partial charge in [-0.25, -0.2) is 8.42 Å². The van der Waals surface area contributed by atoms with Crippen molar-refractivity contribution in [2.45, 2.75) is 64.6 Å². The third-order valence-electron chi connectivity index (χ3n) is 6.31. The number of carbonyl (C=O) groups is 2. The van der Waals surface area contributed by atoms with Crippen molar-refractivity contribution < 1.29 is 18.0 Å². The molecule has 0 heterocycles. The monoisotopic (exact) mass is 569 g/mol. The topological polar surface area (TPSA) is 86.8 Å². The number of hydrogen-bond donors (Lipinski definition) is 1. The van der Waals surface area contributed by atoms with E-state index in [1.807, 2.05) is 58.9 Å². The molecule has 0 aromatic heterocycles. The molecule has 3 rings (SSSR count). The molecule has 7 nitrogen and oxygen atoms in total. The Morgan fingerprint density at radius 3 is 2.23 bits per heavy atom. The van der Waals surface area contributed by atoms with Crippen LogP contribution in [0.3, 0.4) is 0 Å². The summed E-state index contributed by atoms with van der Waals surface area (Å²) in [5.41, 5.74) is 2.90. The zero-order valence-corrected chi connectivity index (χ0v) is 24.6. The Kier molecular flexibility index (Phi) is 10.2. The maximum Gasteiger partial charge on any atom is 0.264 e. The van der Waals surface area contributed by atoms with E-state index in [2.05, 4.69) is 5.32 Å². The second-order valence-electron chi connectivity index (χ2n) is 9.86. The second-order valence-corrected chi connectivity index (χ2v) is 12.1. The van der Waals surface area contributed by atoms with Gasteiger partial charge in [0.1, 0.15) is 12.6 Å². The van der Waals surface area contributed by atoms with E-state index >= 15 is 0 Å². The smallest absolute Gasteiger partial charge is 0.264 e. The van der Waals surface area contributed by atoms with Crippen LogP contribution >= 0.6 is 11.6 Å². The molecule has 3 aromatic rings. The third kappa shape index (κ3) is 7.61. The van der Waals surface area contributed by atoms with Crippen molar-refractivity contribution in [2.75, 3.05) is 10.8 Å². The highest BCUT2D eigenvalue weighted by atomic mass is 35.5. The number of sulfonamides is 1. The molecule has 208 valence electrons. The number of aryl methyl sites for hydroxylation is 2. The maximum absolute atomic E-state index is 14.0. The van der Waals surface area contributed by atoms with E-state index in [1.54, 1.807) is 36.4 Å². The Labute approximate surface area is 236 Å². The summed E-state index contributed by atoms with van der Waals surface area (Å²) in [5, 5.41) is 3.28. The second kappa shape index (κ2) is 13.1. The first-order chi connectivity index (χ1) is 18.4. The van der Waals surface area contributed by atoms with Crippen molar-refractivity contribution in [3.63, 3.8) is 0 Å². The van der Waals surface area contributed by atoms with Crippen LogP contribution in [-0.2, 0) is 26.2 Å². The SMILES string of the molecule is CC[C@@H](C(=O)NC(C)C)N(Cc1cccc(C)c1)C(=O)CN(c1ccc(C)c(Cl)c1)S(=O)(=O)c1ccccc1. The van der Waals surface area contributed by atoms with Gasteiger partial charge in [0.15, 0.2) is 0 Å². The van der Waals surface area contributed by atoms with E-state index in [0.29, 0.717) is 11.4 Å². The Morgan fingerprint density at radius 2 is 1.64 bits per heavy atom. The lowest BCUT2D eigenvalue weighted by atomic mass is 10.1.